The molecule has 40 heavy (non-hydrogen) atoms. The van der Waals surface area contributed by atoms with Crippen molar-refractivity contribution in [3.05, 3.63) is 103 Å². The van der Waals surface area contributed by atoms with Crippen molar-refractivity contribution in [2.75, 3.05) is 21.1 Å². The van der Waals surface area contributed by atoms with Gasteiger partial charge in [0.15, 0.2) is 10.2 Å². The molecule has 10 heteroatoms. The summed E-state index contributed by atoms with van der Waals surface area (Å²) >= 11 is 17.5. The third kappa shape index (κ3) is 7.88. The number of hydrogen-bond acceptors (Lipinski definition) is 4. The van der Waals surface area contributed by atoms with Crippen molar-refractivity contribution < 1.29 is 4.79 Å². The Bertz CT molecular complexity index is 1360. The number of amides is 1. The Labute approximate surface area is 264 Å². The smallest absolute Gasteiger partial charge is 0.257 e. The number of nitrogens with one attached hydrogen (secondary N) is 1. The highest BCUT2D eigenvalue weighted by Crippen LogP contribution is 2.37. The summed E-state index contributed by atoms with van der Waals surface area (Å²) in [5.74, 6) is -0.171. The summed E-state index contributed by atoms with van der Waals surface area (Å²) in [7, 11) is 5.40. The molecule has 0 heterocycles. The summed E-state index contributed by atoms with van der Waals surface area (Å²) in [4.78, 5) is 16.2. The van der Waals surface area contributed by atoms with Crippen LogP contribution in [0.1, 0.15) is 57.5 Å². The molecule has 212 valence electrons. The summed E-state index contributed by atoms with van der Waals surface area (Å²) in [5.41, 5.74) is 16.1. The lowest BCUT2D eigenvalue weighted by molar-refractivity contribution is 0.0972. The van der Waals surface area contributed by atoms with Crippen molar-refractivity contribution in [2.24, 2.45) is 11.5 Å². The standard InChI is InChI=1S/C18H17BrN2OS.C11H13BrN2S.CH5N/c1-21(16-10-8-12-7-9-14(19)11-15(12)16)18(23)20-17(22)13-5-3-2-4-6-13;1-14(11(13)15)10-5-3-7-2-4-8(12)6-9(7)10;1-2/h2-7,9,11,16H,8,10H2,1H3,(H,20,22,23);2,4,6,10H,3,5H2,1H3,(H2,13,15);2H2,1H3. The van der Waals surface area contributed by atoms with Gasteiger partial charge in [0.1, 0.15) is 0 Å². The minimum absolute atomic E-state index is 0.171. The maximum absolute atomic E-state index is 12.2. The van der Waals surface area contributed by atoms with Crippen molar-refractivity contribution in [1.82, 2.24) is 15.1 Å². The highest BCUT2D eigenvalue weighted by molar-refractivity contribution is 9.10. The number of halogens is 2. The number of benzene rings is 3. The van der Waals surface area contributed by atoms with Crippen LogP contribution < -0.4 is 16.8 Å². The highest BCUT2D eigenvalue weighted by atomic mass is 79.9. The van der Waals surface area contributed by atoms with Gasteiger partial charge in [0.25, 0.3) is 5.91 Å². The van der Waals surface area contributed by atoms with E-state index in [9.17, 15) is 4.79 Å². The minimum atomic E-state index is -0.171. The zero-order valence-electron chi connectivity index (χ0n) is 22.9. The Hall–Kier alpha value is -2.37. The maximum Gasteiger partial charge on any atom is 0.257 e. The third-order valence-electron chi connectivity index (χ3n) is 7.17. The van der Waals surface area contributed by atoms with Gasteiger partial charge < -0.3 is 21.3 Å². The lowest BCUT2D eigenvalue weighted by Crippen LogP contribution is -2.41. The maximum atomic E-state index is 12.2. The quantitative estimate of drug-likeness (QED) is 0.277. The van der Waals surface area contributed by atoms with Gasteiger partial charge >= 0.3 is 0 Å². The Balaban J connectivity index is 0.000000224. The highest BCUT2D eigenvalue weighted by Gasteiger charge is 2.28. The van der Waals surface area contributed by atoms with E-state index in [2.05, 4.69) is 79.3 Å². The molecule has 5 N–H and O–H groups in total. The number of nitrogens with zero attached hydrogens (tertiary/aromatic N) is 2. The summed E-state index contributed by atoms with van der Waals surface area (Å²) in [6, 6.07) is 22.4. The first-order valence-corrected chi connectivity index (χ1v) is 15.4. The number of fused-ring (bicyclic) bond motifs is 2. The number of hydrogen-bond donors (Lipinski definition) is 3. The zero-order chi connectivity index (χ0) is 29.4. The predicted octanol–water partition coefficient (Wildman–Crippen LogP) is 6.27. The molecular weight excluding hydrogens is 670 g/mol. The molecule has 0 saturated heterocycles. The molecule has 0 bridgehead atoms. The van der Waals surface area contributed by atoms with Crippen LogP contribution in [-0.4, -0.2) is 47.1 Å². The molecule has 2 aliphatic rings. The summed E-state index contributed by atoms with van der Waals surface area (Å²) in [6.45, 7) is 0. The van der Waals surface area contributed by atoms with E-state index < -0.39 is 0 Å². The lowest BCUT2D eigenvalue weighted by atomic mass is 10.1. The van der Waals surface area contributed by atoms with E-state index in [0.717, 1.165) is 34.6 Å². The SMILES string of the molecule is CN.CN(C(=S)NC(=O)c1ccccc1)C1CCc2ccc(Br)cc21.CN(C(N)=S)C1CCc2ccc(Br)cc21. The molecule has 1 amide bonds. The molecule has 0 fully saturated rings. The van der Waals surface area contributed by atoms with E-state index in [1.165, 1.54) is 29.3 Å². The second kappa shape index (κ2) is 15.0. The first-order chi connectivity index (χ1) is 19.2. The summed E-state index contributed by atoms with van der Waals surface area (Å²) < 4.78 is 2.18. The first-order valence-electron chi connectivity index (χ1n) is 13.0. The number of thiocarbonyl (C=S) groups is 2. The molecule has 0 spiro atoms. The number of carbonyl (C=O) groups excluding carboxylic acids is 1. The Kier molecular flexibility index (Phi) is 12.1. The third-order valence-corrected chi connectivity index (χ3v) is 8.83. The van der Waals surface area contributed by atoms with Crippen LogP contribution in [0.2, 0.25) is 0 Å². The van der Waals surface area contributed by atoms with Crippen molar-refractivity contribution in [1.29, 1.82) is 0 Å². The monoisotopic (exact) mass is 703 g/mol. The van der Waals surface area contributed by atoms with Crippen LogP contribution in [0.4, 0.5) is 0 Å². The minimum Gasteiger partial charge on any atom is -0.376 e. The lowest BCUT2D eigenvalue weighted by Gasteiger charge is -2.28. The molecule has 0 radical (unpaired) electrons. The van der Waals surface area contributed by atoms with E-state index >= 15 is 0 Å². The van der Waals surface area contributed by atoms with Gasteiger partial charge in [-0.05, 0) is 116 Å². The van der Waals surface area contributed by atoms with Gasteiger partial charge in [-0.1, -0.05) is 62.2 Å². The normalized spacial score (nSPS) is 16.2. The second-order valence-electron chi connectivity index (χ2n) is 9.48. The van der Waals surface area contributed by atoms with Crippen molar-refractivity contribution in [3.63, 3.8) is 0 Å². The largest absolute Gasteiger partial charge is 0.376 e. The van der Waals surface area contributed by atoms with E-state index in [4.69, 9.17) is 30.2 Å². The average Bonchev–Trinajstić information content (AvgIpc) is 3.57. The molecule has 0 aromatic heterocycles. The van der Waals surface area contributed by atoms with E-state index in [1.54, 1.807) is 12.1 Å². The zero-order valence-corrected chi connectivity index (χ0v) is 27.7. The van der Waals surface area contributed by atoms with Crippen LogP contribution in [0, 0.1) is 0 Å². The molecule has 2 unspecified atom stereocenters. The Morgan fingerprint density at radius 3 is 1.77 bits per heavy atom. The number of aryl methyl sites for hydroxylation is 2. The van der Waals surface area contributed by atoms with Gasteiger partial charge in [-0.25, -0.2) is 0 Å². The molecule has 3 aromatic rings. The van der Waals surface area contributed by atoms with Crippen molar-refractivity contribution >= 4 is 72.4 Å². The molecule has 2 atom stereocenters. The van der Waals surface area contributed by atoms with Crippen molar-refractivity contribution in [3.8, 4) is 0 Å². The fourth-order valence-corrected chi connectivity index (χ4v) is 6.15. The fourth-order valence-electron chi connectivity index (χ4n) is 5.05. The summed E-state index contributed by atoms with van der Waals surface area (Å²) in [5, 5.41) is 3.75. The number of nitrogens with two attached hydrogens (primary N) is 2. The van der Waals surface area contributed by atoms with Gasteiger partial charge in [-0.2, -0.15) is 0 Å². The van der Waals surface area contributed by atoms with Crippen LogP contribution in [-0.2, 0) is 12.8 Å². The van der Waals surface area contributed by atoms with Gasteiger partial charge in [0.05, 0.1) is 12.1 Å². The molecule has 0 aliphatic heterocycles. The molecule has 0 saturated carbocycles. The molecule has 5 rings (SSSR count). The van der Waals surface area contributed by atoms with Gasteiger partial charge in [-0.15, -0.1) is 0 Å². The van der Waals surface area contributed by atoms with Crippen LogP contribution in [0.25, 0.3) is 0 Å². The van der Waals surface area contributed by atoms with Crippen LogP contribution in [0.5, 0.6) is 0 Å². The van der Waals surface area contributed by atoms with Crippen LogP contribution in [0.15, 0.2) is 75.7 Å². The van der Waals surface area contributed by atoms with E-state index in [-0.39, 0.29) is 11.9 Å². The van der Waals surface area contributed by atoms with Gasteiger partial charge in [-0.3, -0.25) is 10.1 Å². The van der Waals surface area contributed by atoms with E-state index in [0.29, 0.717) is 21.8 Å². The number of carbonyl (C=O) groups is 1. The van der Waals surface area contributed by atoms with Gasteiger partial charge in [0.2, 0.25) is 0 Å². The molecular formula is C30H35Br2N5OS2. The molecule has 3 aromatic carbocycles. The van der Waals surface area contributed by atoms with Crippen molar-refractivity contribution in [2.45, 2.75) is 37.8 Å². The van der Waals surface area contributed by atoms with Gasteiger partial charge in [0, 0.05) is 28.6 Å². The topological polar surface area (TPSA) is 87.6 Å². The molecule has 6 nitrogen and oxygen atoms in total. The molecule has 2 aliphatic carbocycles. The summed E-state index contributed by atoms with van der Waals surface area (Å²) in [6.07, 6.45) is 4.25. The second-order valence-corrected chi connectivity index (χ2v) is 12.1. The Morgan fingerprint density at radius 2 is 1.30 bits per heavy atom. The first kappa shape index (κ1) is 32.1. The predicted molar refractivity (Wildman–Crippen MR) is 179 cm³/mol. The average molecular weight is 706 g/mol. The Morgan fingerprint density at radius 1 is 0.825 bits per heavy atom. The fraction of sp³-hybridized carbons (Fsp3) is 0.300. The van der Waals surface area contributed by atoms with Crippen LogP contribution in [0.3, 0.4) is 0 Å². The van der Waals surface area contributed by atoms with E-state index in [1.807, 2.05) is 42.1 Å². The number of rotatable bonds is 3. The van der Waals surface area contributed by atoms with Crippen LogP contribution >= 0.6 is 56.3 Å².